The quantitative estimate of drug-likeness (QED) is 0.514. The lowest BCUT2D eigenvalue weighted by molar-refractivity contribution is -0.126. The molecule has 1 heterocycles. The van der Waals surface area contributed by atoms with Crippen molar-refractivity contribution in [1.29, 1.82) is 0 Å². The van der Waals surface area contributed by atoms with E-state index in [2.05, 4.69) is 6.58 Å². The molecule has 1 rings (SSSR count). The van der Waals surface area contributed by atoms with Gasteiger partial charge in [0.15, 0.2) is 0 Å². The molecule has 0 unspecified atom stereocenters. The molecule has 0 aromatic rings. The van der Waals surface area contributed by atoms with Gasteiger partial charge in [-0.15, -0.1) is 0 Å². The van der Waals surface area contributed by atoms with Gasteiger partial charge in [-0.1, -0.05) is 12.7 Å². The zero-order valence-corrected chi connectivity index (χ0v) is 5.21. The molecule has 48 valence electrons. The van der Waals surface area contributed by atoms with Crippen molar-refractivity contribution in [3.63, 3.8) is 0 Å². The summed E-state index contributed by atoms with van der Waals surface area (Å²) in [6.45, 7) is 3.49. The number of hydrogen-bond donors (Lipinski definition) is 0. The average molecular weight is 123 g/mol. The topological polar surface area (TPSA) is 20.3 Å². The third-order valence-corrected chi connectivity index (χ3v) is 1.28. The fourth-order valence-electron chi connectivity index (χ4n) is 0.770. The standard InChI is InChI=1S/C7H9NO/c1-2-8-6-4-3-5-7(8)9/h2,4,6H,1,3,5H2. The first-order valence-electron chi connectivity index (χ1n) is 2.95. The van der Waals surface area contributed by atoms with Crippen LogP contribution in [-0.4, -0.2) is 10.8 Å². The monoisotopic (exact) mass is 123 g/mol. The van der Waals surface area contributed by atoms with E-state index in [1.807, 2.05) is 6.08 Å². The van der Waals surface area contributed by atoms with Gasteiger partial charge in [0.25, 0.3) is 0 Å². The molecule has 0 fully saturated rings. The van der Waals surface area contributed by atoms with E-state index < -0.39 is 0 Å². The van der Waals surface area contributed by atoms with Crippen LogP contribution in [0.1, 0.15) is 12.8 Å². The van der Waals surface area contributed by atoms with Crippen LogP contribution in [0.2, 0.25) is 0 Å². The SMILES string of the molecule is C=CN1C=CCCC1=O. The van der Waals surface area contributed by atoms with Crippen LogP contribution in [0.5, 0.6) is 0 Å². The predicted octanol–water partition coefficient (Wildman–Crippen LogP) is 1.27. The molecular formula is C7H9NO. The molecule has 1 aliphatic heterocycles. The van der Waals surface area contributed by atoms with Gasteiger partial charge in [0.1, 0.15) is 0 Å². The summed E-state index contributed by atoms with van der Waals surface area (Å²) in [4.78, 5) is 12.3. The second-order valence-corrected chi connectivity index (χ2v) is 1.91. The Labute approximate surface area is 54.5 Å². The molecule has 1 aliphatic rings. The minimum absolute atomic E-state index is 0.132. The summed E-state index contributed by atoms with van der Waals surface area (Å²) in [5.41, 5.74) is 0. The fourth-order valence-corrected chi connectivity index (χ4v) is 0.770. The summed E-state index contributed by atoms with van der Waals surface area (Å²) < 4.78 is 0. The molecule has 1 amide bonds. The normalized spacial score (nSPS) is 18.2. The Balaban J connectivity index is 2.67. The summed E-state index contributed by atoms with van der Waals surface area (Å²) in [6, 6.07) is 0. The van der Waals surface area contributed by atoms with Crippen molar-refractivity contribution in [3.8, 4) is 0 Å². The second kappa shape index (κ2) is 2.49. The lowest BCUT2D eigenvalue weighted by atomic mass is 10.2. The van der Waals surface area contributed by atoms with Gasteiger partial charge < -0.3 is 0 Å². The Morgan fingerprint density at radius 2 is 2.56 bits per heavy atom. The van der Waals surface area contributed by atoms with E-state index in [4.69, 9.17) is 0 Å². The summed E-state index contributed by atoms with van der Waals surface area (Å²) >= 11 is 0. The van der Waals surface area contributed by atoms with Crippen molar-refractivity contribution < 1.29 is 4.79 Å². The number of hydrogen-bond acceptors (Lipinski definition) is 1. The number of carbonyl (C=O) groups excluding carboxylic acids is 1. The molecule has 0 aromatic heterocycles. The van der Waals surface area contributed by atoms with E-state index in [1.165, 1.54) is 11.1 Å². The maximum atomic E-state index is 10.8. The van der Waals surface area contributed by atoms with Gasteiger partial charge in [0, 0.05) is 18.8 Å². The minimum Gasteiger partial charge on any atom is -0.296 e. The maximum Gasteiger partial charge on any atom is 0.230 e. The molecule has 0 saturated carbocycles. The fraction of sp³-hybridized carbons (Fsp3) is 0.286. The van der Waals surface area contributed by atoms with Crippen LogP contribution >= 0.6 is 0 Å². The Morgan fingerprint density at radius 1 is 1.78 bits per heavy atom. The number of nitrogens with zero attached hydrogens (tertiary/aromatic N) is 1. The smallest absolute Gasteiger partial charge is 0.230 e. The Hall–Kier alpha value is -1.05. The van der Waals surface area contributed by atoms with Gasteiger partial charge in [0.2, 0.25) is 5.91 Å². The van der Waals surface area contributed by atoms with Gasteiger partial charge >= 0.3 is 0 Å². The summed E-state index contributed by atoms with van der Waals surface area (Å²) in [6.07, 6.45) is 6.71. The van der Waals surface area contributed by atoms with Crippen LogP contribution in [-0.2, 0) is 4.79 Å². The number of carbonyl (C=O) groups is 1. The number of rotatable bonds is 1. The zero-order chi connectivity index (χ0) is 6.69. The van der Waals surface area contributed by atoms with Gasteiger partial charge in [0.05, 0.1) is 0 Å². The highest BCUT2D eigenvalue weighted by atomic mass is 16.2. The first kappa shape index (κ1) is 6.08. The first-order chi connectivity index (χ1) is 4.34. The van der Waals surface area contributed by atoms with Crippen molar-refractivity contribution in [3.05, 3.63) is 25.1 Å². The summed E-state index contributed by atoms with van der Waals surface area (Å²) in [5, 5.41) is 0. The Bertz CT molecular complexity index is 160. The van der Waals surface area contributed by atoms with E-state index in [0.717, 1.165) is 6.42 Å². The van der Waals surface area contributed by atoms with Crippen LogP contribution in [0, 0.1) is 0 Å². The van der Waals surface area contributed by atoms with Crippen LogP contribution in [0.15, 0.2) is 25.1 Å². The molecule has 9 heavy (non-hydrogen) atoms. The first-order valence-corrected chi connectivity index (χ1v) is 2.95. The van der Waals surface area contributed by atoms with E-state index in [9.17, 15) is 4.79 Å². The molecule has 0 N–H and O–H groups in total. The van der Waals surface area contributed by atoms with Crippen molar-refractivity contribution in [2.75, 3.05) is 0 Å². The summed E-state index contributed by atoms with van der Waals surface area (Å²) in [5.74, 6) is 0.132. The van der Waals surface area contributed by atoms with Crippen molar-refractivity contribution >= 4 is 5.91 Å². The highest BCUT2D eigenvalue weighted by Crippen LogP contribution is 2.06. The third kappa shape index (κ3) is 1.19. The van der Waals surface area contributed by atoms with Gasteiger partial charge in [-0.05, 0) is 6.42 Å². The van der Waals surface area contributed by atoms with Crippen molar-refractivity contribution in [2.24, 2.45) is 0 Å². The molecule has 2 nitrogen and oxygen atoms in total. The van der Waals surface area contributed by atoms with Crippen LogP contribution in [0.4, 0.5) is 0 Å². The molecule has 0 aliphatic carbocycles. The minimum atomic E-state index is 0.132. The molecule has 2 heteroatoms. The Morgan fingerprint density at radius 3 is 3.00 bits per heavy atom. The average Bonchev–Trinajstić information content (AvgIpc) is 1.89. The van der Waals surface area contributed by atoms with Gasteiger partial charge in [-0.2, -0.15) is 0 Å². The van der Waals surface area contributed by atoms with Crippen LogP contribution in [0.25, 0.3) is 0 Å². The van der Waals surface area contributed by atoms with Gasteiger partial charge in [-0.3, -0.25) is 9.69 Å². The van der Waals surface area contributed by atoms with Crippen molar-refractivity contribution in [2.45, 2.75) is 12.8 Å². The maximum absolute atomic E-state index is 10.8. The molecule has 0 radical (unpaired) electrons. The molecule has 0 aromatic carbocycles. The molecule has 0 atom stereocenters. The van der Waals surface area contributed by atoms with Gasteiger partial charge in [-0.25, -0.2) is 0 Å². The highest BCUT2D eigenvalue weighted by Gasteiger charge is 2.08. The number of amides is 1. The Kier molecular flexibility index (Phi) is 1.68. The lowest BCUT2D eigenvalue weighted by Gasteiger charge is -2.15. The van der Waals surface area contributed by atoms with E-state index >= 15 is 0 Å². The molecular weight excluding hydrogens is 114 g/mol. The second-order valence-electron chi connectivity index (χ2n) is 1.91. The van der Waals surface area contributed by atoms with E-state index in [-0.39, 0.29) is 5.91 Å². The molecule has 0 spiro atoms. The summed E-state index contributed by atoms with van der Waals surface area (Å²) in [7, 11) is 0. The third-order valence-electron chi connectivity index (χ3n) is 1.28. The predicted molar refractivity (Wildman–Crippen MR) is 35.4 cm³/mol. The molecule has 0 bridgehead atoms. The lowest BCUT2D eigenvalue weighted by Crippen LogP contribution is -2.21. The highest BCUT2D eigenvalue weighted by molar-refractivity contribution is 5.79. The zero-order valence-electron chi connectivity index (χ0n) is 5.21. The number of allylic oxidation sites excluding steroid dienone is 1. The van der Waals surface area contributed by atoms with Crippen molar-refractivity contribution in [1.82, 2.24) is 4.90 Å². The molecule has 0 saturated heterocycles. The van der Waals surface area contributed by atoms with Crippen LogP contribution < -0.4 is 0 Å². The van der Waals surface area contributed by atoms with E-state index in [0.29, 0.717) is 6.42 Å². The largest absolute Gasteiger partial charge is 0.296 e. The van der Waals surface area contributed by atoms with E-state index in [1.54, 1.807) is 6.20 Å². The van der Waals surface area contributed by atoms with Crippen LogP contribution in [0.3, 0.4) is 0 Å².